The number of halogens is 1. The molecule has 2 aromatic heterocycles. The predicted molar refractivity (Wildman–Crippen MR) is 205 cm³/mol. The van der Waals surface area contributed by atoms with Crippen LogP contribution in [-0.2, 0) is 32.8 Å². The minimum Gasteiger partial charge on any atom is -0.508 e. The maximum absolute atomic E-state index is 15.1. The van der Waals surface area contributed by atoms with Crippen LogP contribution < -0.4 is 9.64 Å². The molecule has 10 nitrogen and oxygen atoms in total. The smallest absolute Gasteiger partial charge is 0.242 e. The molecular formula is C42H37ClN4O6S. The molecule has 0 bridgehead atoms. The fourth-order valence-electron chi connectivity index (χ4n) is 9.67. The Morgan fingerprint density at radius 1 is 0.981 bits per heavy atom. The van der Waals surface area contributed by atoms with Crippen molar-refractivity contribution in [2.24, 2.45) is 36.1 Å². The molecule has 0 spiro atoms. The highest BCUT2D eigenvalue weighted by molar-refractivity contribution is 7.22. The Balaban J connectivity index is 1.15. The molecule has 4 aliphatic rings. The fourth-order valence-corrected chi connectivity index (χ4v) is 11.0. The van der Waals surface area contributed by atoms with E-state index in [0.29, 0.717) is 34.3 Å². The highest BCUT2D eigenvalue weighted by Gasteiger charge is 2.68. The monoisotopic (exact) mass is 760 g/mol. The molecule has 4 amide bonds. The van der Waals surface area contributed by atoms with Crippen molar-refractivity contribution in [2.75, 3.05) is 12.0 Å². The third-order valence-corrected chi connectivity index (χ3v) is 13.8. The van der Waals surface area contributed by atoms with Crippen molar-refractivity contribution >= 4 is 62.5 Å². The number of rotatable bonds is 6. The molecule has 5 aromatic rings. The van der Waals surface area contributed by atoms with Crippen LogP contribution in [0.3, 0.4) is 0 Å². The maximum Gasteiger partial charge on any atom is 0.242 e. The van der Waals surface area contributed by atoms with Gasteiger partial charge in [-0.2, -0.15) is 5.10 Å². The zero-order chi connectivity index (χ0) is 37.8. The fraction of sp³-hybridized carbons (Fsp3) is 0.310. The second-order valence-corrected chi connectivity index (χ2v) is 16.5. The molecule has 1 saturated carbocycles. The summed E-state index contributed by atoms with van der Waals surface area (Å²) >= 11 is 7.88. The summed E-state index contributed by atoms with van der Waals surface area (Å²) in [5, 5.41) is 17.9. The number of benzene rings is 3. The number of ether oxygens (including phenoxy) is 1. The summed E-state index contributed by atoms with van der Waals surface area (Å²) < 4.78 is 8.18. The number of fused-ring (bicyclic) bond motifs is 5. The van der Waals surface area contributed by atoms with Crippen LogP contribution in [-0.4, -0.2) is 50.5 Å². The Hall–Kier alpha value is -5.26. The van der Waals surface area contributed by atoms with E-state index < -0.39 is 46.8 Å². The van der Waals surface area contributed by atoms with Gasteiger partial charge in [0.25, 0.3) is 0 Å². The van der Waals surface area contributed by atoms with Gasteiger partial charge in [-0.05, 0) is 85.5 Å². The molecule has 2 aliphatic carbocycles. The van der Waals surface area contributed by atoms with E-state index in [2.05, 4.69) is 0 Å². The lowest BCUT2D eigenvalue weighted by Gasteiger charge is -2.49. The molecule has 12 heteroatoms. The predicted octanol–water partition coefficient (Wildman–Crippen LogP) is 7.41. The van der Waals surface area contributed by atoms with Crippen molar-refractivity contribution in [3.63, 3.8) is 0 Å². The van der Waals surface area contributed by atoms with Crippen LogP contribution in [0.5, 0.6) is 11.5 Å². The standard InChI is InChI=1S/C42H37ClN4O6S/c1-21-27-16-23(43)10-15-33(27)54-37(21)31-19-34(45(3)44-31)47-39(50)30-18-28-25(36(42(30,2)41(47)52)29-17-24(53-4)11-14-32(29)48)12-13-26-35(28)40(51)46(38(26)49)20-22-8-6-5-7-9-22/h5-12,14-17,19,26,28,30,35-36,48H,13,18,20H2,1-4H3. The van der Waals surface area contributed by atoms with Gasteiger partial charge in [0, 0.05) is 34.3 Å². The maximum atomic E-state index is 15.1. The molecule has 9 rings (SSSR count). The minimum atomic E-state index is -1.35. The third kappa shape index (κ3) is 4.87. The van der Waals surface area contributed by atoms with Gasteiger partial charge in [0.1, 0.15) is 23.0 Å². The number of thiophene rings is 1. The Morgan fingerprint density at radius 3 is 2.52 bits per heavy atom. The van der Waals surface area contributed by atoms with Crippen LogP contribution in [0.4, 0.5) is 5.82 Å². The van der Waals surface area contributed by atoms with Crippen molar-refractivity contribution in [1.29, 1.82) is 0 Å². The Bertz CT molecular complexity index is 2470. The topological polar surface area (TPSA) is 122 Å². The van der Waals surface area contributed by atoms with E-state index in [9.17, 15) is 19.5 Å². The molecule has 1 N–H and O–H groups in total. The molecule has 54 heavy (non-hydrogen) atoms. The van der Waals surface area contributed by atoms with Crippen molar-refractivity contribution in [3.05, 3.63) is 106 Å². The SMILES string of the molecule is COc1ccc(O)c(C2C3=CCC4C(=O)N(Cc5ccccc5)C(=O)C4C3CC3C(=O)N(c4cc(-c5sc6ccc(Cl)cc6c5C)nn4C)C(=O)C32C)c1. The van der Waals surface area contributed by atoms with Crippen LogP contribution in [0, 0.1) is 36.0 Å². The molecule has 2 saturated heterocycles. The highest BCUT2D eigenvalue weighted by Crippen LogP contribution is 2.64. The third-order valence-electron chi connectivity index (χ3n) is 12.3. The largest absolute Gasteiger partial charge is 0.508 e. The Kier molecular flexibility index (Phi) is 7.92. The minimum absolute atomic E-state index is 0.0502. The van der Waals surface area contributed by atoms with Gasteiger partial charge in [-0.15, -0.1) is 11.3 Å². The van der Waals surface area contributed by atoms with Gasteiger partial charge in [-0.25, -0.2) is 4.90 Å². The van der Waals surface area contributed by atoms with Crippen LogP contribution in [0.1, 0.15) is 42.4 Å². The molecular weight excluding hydrogens is 724 g/mol. The van der Waals surface area contributed by atoms with Gasteiger partial charge in [0.05, 0.1) is 41.7 Å². The first-order chi connectivity index (χ1) is 25.9. The summed E-state index contributed by atoms with van der Waals surface area (Å²) in [6, 6.07) is 21.8. The quantitative estimate of drug-likeness (QED) is 0.141. The molecule has 6 unspecified atom stereocenters. The first-order valence-electron chi connectivity index (χ1n) is 18.0. The molecule has 3 aromatic carbocycles. The molecule has 3 fully saturated rings. The number of hydrogen-bond acceptors (Lipinski definition) is 8. The van der Waals surface area contributed by atoms with E-state index in [-0.39, 0.29) is 30.5 Å². The number of aromatic nitrogens is 2. The first kappa shape index (κ1) is 34.5. The van der Waals surface area contributed by atoms with Crippen molar-refractivity contribution in [3.8, 4) is 22.1 Å². The number of methoxy groups -OCH3 is 1. The number of allylic oxidation sites excluding steroid dienone is 2. The number of nitrogens with zero attached hydrogens (tertiary/aromatic N) is 4. The second kappa shape index (κ2) is 12.4. The van der Waals surface area contributed by atoms with Crippen LogP contribution in [0.25, 0.3) is 20.7 Å². The van der Waals surface area contributed by atoms with Crippen molar-refractivity contribution in [2.45, 2.75) is 39.2 Å². The number of phenols is 1. The zero-order valence-corrected chi connectivity index (χ0v) is 31.6. The lowest BCUT2D eigenvalue weighted by atomic mass is 9.51. The number of aryl methyl sites for hydroxylation is 2. The molecule has 4 heterocycles. The Morgan fingerprint density at radius 2 is 1.76 bits per heavy atom. The van der Waals surface area contributed by atoms with Crippen LogP contribution in [0.15, 0.2) is 84.4 Å². The van der Waals surface area contributed by atoms with Crippen molar-refractivity contribution < 1.29 is 29.0 Å². The molecule has 2 aliphatic heterocycles. The van der Waals surface area contributed by atoms with Gasteiger partial charge in [-0.1, -0.05) is 53.6 Å². The zero-order valence-electron chi connectivity index (χ0n) is 30.1. The van der Waals surface area contributed by atoms with E-state index in [4.69, 9.17) is 21.4 Å². The summed E-state index contributed by atoms with van der Waals surface area (Å²) in [5.41, 5.74) is 2.34. The average molecular weight is 761 g/mol. The number of carbonyl (C=O) groups is 4. The molecule has 0 radical (unpaired) electrons. The van der Waals surface area contributed by atoms with Gasteiger partial charge in [0.15, 0.2) is 0 Å². The van der Waals surface area contributed by atoms with E-state index >= 15 is 4.79 Å². The number of likely N-dealkylation sites (tertiary alicyclic amines) is 1. The summed E-state index contributed by atoms with van der Waals surface area (Å²) in [5.74, 6) is -4.00. The first-order valence-corrected chi connectivity index (χ1v) is 19.2. The second-order valence-electron chi connectivity index (χ2n) is 15.0. The van der Waals surface area contributed by atoms with E-state index in [0.717, 1.165) is 31.7 Å². The van der Waals surface area contributed by atoms with Gasteiger partial charge >= 0.3 is 0 Å². The number of amides is 4. The van der Waals surface area contributed by atoms with E-state index in [1.165, 1.54) is 23.0 Å². The van der Waals surface area contributed by atoms with Gasteiger partial charge in [-0.3, -0.25) is 28.8 Å². The normalized spacial score (nSPS) is 26.3. The lowest BCUT2D eigenvalue weighted by Crippen LogP contribution is -2.49. The Labute approximate surface area is 320 Å². The van der Waals surface area contributed by atoms with E-state index in [1.807, 2.05) is 61.5 Å². The highest BCUT2D eigenvalue weighted by atomic mass is 35.5. The number of carbonyl (C=O) groups excluding carboxylic acids is 4. The number of anilines is 1. The lowest BCUT2D eigenvalue weighted by molar-refractivity contribution is -0.141. The van der Waals surface area contributed by atoms with Crippen LogP contribution >= 0.6 is 22.9 Å². The van der Waals surface area contributed by atoms with Gasteiger partial charge in [0.2, 0.25) is 23.6 Å². The number of imide groups is 2. The average Bonchev–Trinajstić information content (AvgIpc) is 3.83. The summed E-state index contributed by atoms with van der Waals surface area (Å²) in [6.45, 7) is 3.96. The van der Waals surface area contributed by atoms with E-state index in [1.54, 1.807) is 48.2 Å². The summed E-state index contributed by atoms with van der Waals surface area (Å²) in [4.78, 5) is 61.7. The number of hydrogen-bond donors (Lipinski definition) is 1. The number of aromatic hydroxyl groups is 1. The molecule has 6 atom stereocenters. The van der Waals surface area contributed by atoms with Crippen molar-refractivity contribution in [1.82, 2.24) is 14.7 Å². The summed E-state index contributed by atoms with van der Waals surface area (Å²) in [7, 11) is 3.24. The van der Waals surface area contributed by atoms with Crippen LogP contribution in [0.2, 0.25) is 5.02 Å². The summed E-state index contributed by atoms with van der Waals surface area (Å²) in [6.07, 6.45) is 2.49. The number of phenolic OH excluding ortho intramolecular Hbond substituents is 1. The van der Waals surface area contributed by atoms with Gasteiger partial charge < -0.3 is 9.84 Å². The molecule has 274 valence electrons.